The maximum atomic E-state index is 4.42. The molecule has 1 heterocycles. The summed E-state index contributed by atoms with van der Waals surface area (Å²) in [6.07, 6.45) is 4.00. The second kappa shape index (κ2) is 4.96. The minimum absolute atomic E-state index is 0.221. The highest BCUT2D eigenvalue weighted by Crippen LogP contribution is 2.24. The Morgan fingerprint density at radius 2 is 2.00 bits per heavy atom. The van der Waals surface area contributed by atoms with Gasteiger partial charge in [0.25, 0.3) is 0 Å². The molecule has 0 spiro atoms. The largest absolute Gasteiger partial charge is 0.368 e. The third-order valence-corrected chi connectivity index (χ3v) is 4.16. The van der Waals surface area contributed by atoms with Crippen LogP contribution in [-0.4, -0.2) is 22.5 Å². The SMILES string of the molecule is CSC(C)(C)CNc1nccc2ccccc12. The van der Waals surface area contributed by atoms with Crippen LogP contribution < -0.4 is 5.32 Å². The van der Waals surface area contributed by atoms with Crippen LogP contribution in [0.3, 0.4) is 0 Å². The predicted octanol–water partition coefficient (Wildman–Crippen LogP) is 3.79. The lowest BCUT2D eigenvalue weighted by molar-refractivity contribution is 0.751. The average molecular weight is 246 g/mol. The molecular weight excluding hydrogens is 228 g/mol. The fourth-order valence-corrected chi connectivity index (χ4v) is 1.85. The van der Waals surface area contributed by atoms with Gasteiger partial charge in [-0.3, -0.25) is 0 Å². The topological polar surface area (TPSA) is 24.9 Å². The molecule has 2 rings (SSSR count). The van der Waals surface area contributed by atoms with E-state index in [1.807, 2.05) is 24.0 Å². The summed E-state index contributed by atoms with van der Waals surface area (Å²) >= 11 is 1.86. The van der Waals surface area contributed by atoms with Crippen LogP contribution >= 0.6 is 11.8 Å². The maximum absolute atomic E-state index is 4.42. The van der Waals surface area contributed by atoms with E-state index in [1.54, 1.807) is 0 Å². The minimum Gasteiger partial charge on any atom is -0.368 e. The number of benzene rings is 1. The van der Waals surface area contributed by atoms with E-state index in [4.69, 9.17) is 0 Å². The van der Waals surface area contributed by atoms with Gasteiger partial charge in [-0.05, 0) is 31.6 Å². The number of nitrogens with zero attached hydrogens (tertiary/aromatic N) is 1. The zero-order valence-electron chi connectivity index (χ0n) is 10.5. The normalized spacial score (nSPS) is 11.7. The van der Waals surface area contributed by atoms with E-state index < -0.39 is 0 Å². The van der Waals surface area contributed by atoms with Crippen molar-refractivity contribution >= 4 is 28.4 Å². The molecule has 3 heteroatoms. The van der Waals surface area contributed by atoms with Crippen LogP contribution in [0.5, 0.6) is 0 Å². The molecule has 17 heavy (non-hydrogen) atoms. The van der Waals surface area contributed by atoms with Crippen molar-refractivity contribution in [2.75, 3.05) is 18.1 Å². The second-order valence-electron chi connectivity index (χ2n) is 4.70. The molecule has 0 bridgehead atoms. The summed E-state index contributed by atoms with van der Waals surface area (Å²) in [5, 5.41) is 5.86. The number of hydrogen-bond donors (Lipinski definition) is 1. The van der Waals surface area contributed by atoms with Gasteiger partial charge in [-0.2, -0.15) is 11.8 Å². The summed E-state index contributed by atoms with van der Waals surface area (Å²) in [5.41, 5.74) is 0. The lowest BCUT2D eigenvalue weighted by Gasteiger charge is -2.23. The number of rotatable bonds is 4. The Morgan fingerprint density at radius 1 is 1.24 bits per heavy atom. The molecule has 2 aromatic rings. The molecule has 0 saturated carbocycles. The monoisotopic (exact) mass is 246 g/mol. The molecule has 1 N–H and O–H groups in total. The fourth-order valence-electron chi connectivity index (χ4n) is 1.63. The molecule has 0 radical (unpaired) electrons. The molecule has 0 amide bonds. The van der Waals surface area contributed by atoms with Gasteiger partial charge in [0.05, 0.1) is 0 Å². The molecule has 2 nitrogen and oxygen atoms in total. The third kappa shape index (κ3) is 2.91. The highest BCUT2D eigenvalue weighted by atomic mass is 32.2. The molecule has 0 aliphatic carbocycles. The summed E-state index contributed by atoms with van der Waals surface area (Å²) in [4.78, 5) is 4.42. The van der Waals surface area contributed by atoms with Crippen LogP contribution in [-0.2, 0) is 0 Å². The van der Waals surface area contributed by atoms with Crippen molar-refractivity contribution in [3.8, 4) is 0 Å². The lowest BCUT2D eigenvalue weighted by Crippen LogP contribution is -2.26. The van der Waals surface area contributed by atoms with Gasteiger partial charge in [-0.25, -0.2) is 4.98 Å². The van der Waals surface area contributed by atoms with E-state index in [9.17, 15) is 0 Å². The van der Waals surface area contributed by atoms with Crippen LogP contribution in [0.1, 0.15) is 13.8 Å². The molecule has 0 atom stereocenters. The van der Waals surface area contributed by atoms with E-state index in [1.165, 1.54) is 10.8 Å². The van der Waals surface area contributed by atoms with Gasteiger partial charge < -0.3 is 5.32 Å². The Kier molecular flexibility index (Phi) is 3.57. The second-order valence-corrected chi connectivity index (χ2v) is 6.21. The van der Waals surface area contributed by atoms with Crippen LogP contribution in [0.2, 0.25) is 0 Å². The Morgan fingerprint density at radius 3 is 2.76 bits per heavy atom. The van der Waals surface area contributed by atoms with Gasteiger partial charge in [0.1, 0.15) is 5.82 Å². The third-order valence-electron chi connectivity index (χ3n) is 2.91. The summed E-state index contributed by atoms with van der Waals surface area (Å²) < 4.78 is 0.221. The first-order valence-electron chi connectivity index (χ1n) is 5.75. The number of nitrogens with one attached hydrogen (secondary N) is 1. The summed E-state index contributed by atoms with van der Waals surface area (Å²) in [6.45, 7) is 5.38. The van der Waals surface area contributed by atoms with Crippen LogP contribution in [0.25, 0.3) is 10.8 Å². The number of hydrogen-bond acceptors (Lipinski definition) is 3. The van der Waals surface area contributed by atoms with Crippen LogP contribution in [0, 0.1) is 0 Å². The first-order chi connectivity index (χ1) is 8.12. The first-order valence-corrected chi connectivity index (χ1v) is 6.98. The van der Waals surface area contributed by atoms with E-state index in [0.717, 1.165) is 12.4 Å². The van der Waals surface area contributed by atoms with Crippen molar-refractivity contribution in [3.63, 3.8) is 0 Å². The predicted molar refractivity (Wildman–Crippen MR) is 77.8 cm³/mol. The molecule has 1 aromatic heterocycles. The molecule has 0 aliphatic heterocycles. The molecule has 0 saturated heterocycles. The van der Waals surface area contributed by atoms with E-state index in [-0.39, 0.29) is 4.75 Å². The van der Waals surface area contributed by atoms with Gasteiger partial charge in [0.15, 0.2) is 0 Å². The molecule has 1 aromatic carbocycles. The minimum atomic E-state index is 0.221. The van der Waals surface area contributed by atoms with Gasteiger partial charge in [0, 0.05) is 22.9 Å². The van der Waals surface area contributed by atoms with Gasteiger partial charge >= 0.3 is 0 Å². The zero-order chi connectivity index (χ0) is 12.3. The van der Waals surface area contributed by atoms with Crippen molar-refractivity contribution in [1.29, 1.82) is 0 Å². The lowest BCUT2D eigenvalue weighted by atomic mass is 10.1. The quantitative estimate of drug-likeness (QED) is 0.888. The molecule has 0 unspecified atom stereocenters. The summed E-state index contributed by atoms with van der Waals surface area (Å²) in [6, 6.07) is 10.4. The molecular formula is C14H18N2S. The van der Waals surface area contributed by atoms with E-state index >= 15 is 0 Å². The molecule has 0 aliphatic rings. The van der Waals surface area contributed by atoms with Crippen LogP contribution in [0.15, 0.2) is 36.5 Å². The Balaban J connectivity index is 2.24. The Bertz CT molecular complexity index is 503. The Labute approximate surface area is 107 Å². The summed E-state index contributed by atoms with van der Waals surface area (Å²) in [5.74, 6) is 0.977. The van der Waals surface area contributed by atoms with Gasteiger partial charge in [0.2, 0.25) is 0 Å². The molecule has 90 valence electrons. The Hall–Kier alpha value is -1.22. The number of fused-ring (bicyclic) bond motifs is 1. The zero-order valence-corrected chi connectivity index (χ0v) is 11.3. The number of pyridine rings is 1. The van der Waals surface area contributed by atoms with Gasteiger partial charge in [-0.1, -0.05) is 24.3 Å². The average Bonchev–Trinajstić information content (AvgIpc) is 2.36. The van der Waals surface area contributed by atoms with Crippen molar-refractivity contribution in [2.24, 2.45) is 0 Å². The van der Waals surface area contributed by atoms with E-state index in [0.29, 0.717) is 0 Å². The van der Waals surface area contributed by atoms with Crippen molar-refractivity contribution in [3.05, 3.63) is 36.5 Å². The summed E-state index contributed by atoms with van der Waals surface area (Å²) in [7, 11) is 0. The number of thioether (sulfide) groups is 1. The number of anilines is 1. The fraction of sp³-hybridized carbons (Fsp3) is 0.357. The molecule has 0 fully saturated rings. The smallest absolute Gasteiger partial charge is 0.133 e. The van der Waals surface area contributed by atoms with Crippen LogP contribution in [0.4, 0.5) is 5.82 Å². The van der Waals surface area contributed by atoms with Crippen molar-refractivity contribution < 1.29 is 0 Å². The maximum Gasteiger partial charge on any atom is 0.133 e. The van der Waals surface area contributed by atoms with Crippen molar-refractivity contribution in [2.45, 2.75) is 18.6 Å². The number of aromatic nitrogens is 1. The van der Waals surface area contributed by atoms with Crippen molar-refractivity contribution in [1.82, 2.24) is 4.98 Å². The van der Waals surface area contributed by atoms with E-state index in [2.05, 4.69) is 54.7 Å². The highest BCUT2D eigenvalue weighted by molar-refractivity contribution is 7.99. The first kappa shape index (κ1) is 12.2. The standard InChI is InChI=1S/C14H18N2S/c1-14(2,17-3)10-16-13-12-7-5-4-6-11(12)8-9-15-13/h4-9H,10H2,1-3H3,(H,15,16). The highest BCUT2D eigenvalue weighted by Gasteiger charge is 2.15. The van der Waals surface area contributed by atoms with Gasteiger partial charge in [-0.15, -0.1) is 0 Å².